The maximum absolute atomic E-state index is 11.6. The van der Waals surface area contributed by atoms with Gasteiger partial charge in [-0.05, 0) is 39.8 Å². The molecule has 2 fully saturated rings. The highest BCUT2D eigenvalue weighted by Crippen LogP contribution is 2.30. The highest BCUT2D eigenvalue weighted by Gasteiger charge is 2.36. The van der Waals surface area contributed by atoms with Gasteiger partial charge in [0.1, 0.15) is 5.78 Å². The Bertz CT molecular complexity index is 301. The number of Topliss-reactive ketones (excluding diaryl/α,β-unsaturated/α-hetero) is 1. The number of ketones is 1. The lowest BCUT2D eigenvalue weighted by Gasteiger charge is -2.32. The van der Waals surface area contributed by atoms with Gasteiger partial charge < -0.3 is 4.90 Å². The van der Waals surface area contributed by atoms with Crippen molar-refractivity contribution in [3.63, 3.8) is 0 Å². The van der Waals surface area contributed by atoms with Crippen LogP contribution < -0.4 is 0 Å². The van der Waals surface area contributed by atoms with E-state index in [9.17, 15) is 4.79 Å². The molecule has 2 saturated heterocycles. The molecule has 0 saturated carbocycles. The van der Waals surface area contributed by atoms with Crippen molar-refractivity contribution in [2.24, 2.45) is 5.41 Å². The third kappa shape index (κ3) is 2.71. The van der Waals surface area contributed by atoms with Crippen molar-refractivity contribution in [3.05, 3.63) is 0 Å². The molecule has 0 aromatic rings. The average Bonchev–Trinajstić information content (AvgIpc) is 2.46. The fourth-order valence-corrected chi connectivity index (χ4v) is 3.19. The zero-order chi connectivity index (χ0) is 12.6. The van der Waals surface area contributed by atoms with Crippen molar-refractivity contribution >= 4 is 5.78 Å². The molecule has 3 heteroatoms. The Morgan fingerprint density at radius 1 is 1.24 bits per heavy atom. The molecule has 0 aromatic carbocycles. The summed E-state index contributed by atoms with van der Waals surface area (Å²) in [6.07, 6.45) is 3.96. The van der Waals surface area contributed by atoms with Gasteiger partial charge in [-0.1, -0.05) is 13.8 Å². The molecule has 0 aromatic heterocycles. The normalized spacial score (nSPS) is 31.5. The summed E-state index contributed by atoms with van der Waals surface area (Å²) in [6, 6.07) is 1.50. The monoisotopic (exact) mass is 238 g/mol. The number of hydrogen-bond donors (Lipinski definition) is 0. The van der Waals surface area contributed by atoms with Gasteiger partial charge in [-0.3, -0.25) is 9.69 Å². The number of hydrogen-bond acceptors (Lipinski definition) is 3. The van der Waals surface area contributed by atoms with E-state index in [0.717, 1.165) is 25.7 Å². The molecule has 0 spiro atoms. The van der Waals surface area contributed by atoms with Gasteiger partial charge in [-0.25, -0.2) is 0 Å². The summed E-state index contributed by atoms with van der Waals surface area (Å²) in [6.45, 7) is 9.08. The molecule has 2 bridgehead atoms. The number of likely N-dealkylation sites (N-methyl/N-ethyl adjacent to an activating group) is 1. The first-order chi connectivity index (χ1) is 7.90. The minimum absolute atomic E-state index is 0.192. The van der Waals surface area contributed by atoms with Crippen LogP contribution >= 0.6 is 0 Å². The molecule has 98 valence electrons. The van der Waals surface area contributed by atoms with Crippen molar-refractivity contribution < 1.29 is 4.79 Å². The maximum atomic E-state index is 11.6. The summed E-state index contributed by atoms with van der Waals surface area (Å²) in [5, 5.41) is 0. The number of carbonyl (C=O) groups is 1. The van der Waals surface area contributed by atoms with Gasteiger partial charge in [0.15, 0.2) is 0 Å². The van der Waals surface area contributed by atoms with Crippen LogP contribution in [-0.4, -0.2) is 54.3 Å². The minimum Gasteiger partial charge on any atom is -0.301 e. The van der Waals surface area contributed by atoms with E-state index in [2.05, 4.69) is 30.7 Å². The average molecular weight is 238 g/mol. The molecular weight excluding hydrogens is 212 g/mol. The predicted molar refractivity (Wildman–Crippen MR) is 70.1 cm³/mol. The van der Waals surface area contributed by atoms with Crippen LogP contribution in [0.2, 0.25) is 0 Å². The Balaban J connectivity index is 1.98. The third-order valence-corrected chi connectivity index (χ3v) is 4.80. The van der Waals surface area contributed by atoms with E-state index in [1.165, 1.54) is 19.3 Å². The first-order valence-corrected chi connectivity index (χ1v) is 6.85. The molecule has 2 atom stereocenters. The number of carbonyl (C=O) groups excluding carboxylic acids is 1. The van der Waals surface area contributed by atoms with Gasteiger partial charge in [0.2, 0.25) is 0 Å². The largest absolute Gasteiger partial charge is 0.301 e. The standard InChI is InChI=1S/C14H26N2O/c1-11(17)14(2,3)10-16-8-7-12-5-6-13(9-16)15(12)4/h12-13H,5-10H2,1-4H3. The van der Waals surface area contributed by atoms with Gasteiger partial charge in [0, 0.05) is 30.6 Å². The molecule has 0 amide bonds. The highest BCUT2D eigenvalue weighted by molar-refractivity contribution is 5.81. The van der Waals surface area contributed by atoms with Crippen LogP contribution in [0.1, 0.15) is 40.0 Å². The van der Waals surface area contributed by atoms with Crippen LogP contribution in [0, 0.1) is 5.41 Å². The molecule has 2 unspecified atom stereocenters. The first kappa shape index (κ1) is 13.0. The molecule has 2 rings (SSSR count). The van der Waals surface area contributed by atoms with Crippen LogP contribution in [0.25, 0.3) is 0 Å². The van der Waals surface area contributed by atoms with E-state index in [1.54, 1.807) is 6.92 Å². The van der Waals surface area contributed by atoms with E-state index >= 15 is 0 Å². The quantitative estimate of drug-likeness (QED) is 0.748. The van der Waals surface area contributed by atoms with Gasteiger partial charge >= 0.3 is 0 Å². The fourth-order valence-electron chi connectivity index (χ4n) is 3.19. The van der Waals surface area contributed by atoms with Crippen LogP contribution in [0.4, 0.5) is 0 Å². The lowest BCUT2D eigenvalue weighted by Crippen LogP contribution is -2.42. The minimum atomic E-state index is -0.192. The Morgan fingerprint density at radius 2 is 1.88 bits per heavy atom. The smallest absolute Gasteiger partial charge is 0.136 e. The molecule has 0 N–H and O–H groups in total. The lowest BCUT2D eigenvalue weighted by atomic mass is 9.88. The summed E-state index contributed by atoms with van der Waals surface area (Å²) in [4.78, 5) is 16.7. The van der Waals surface area contributed by atoms with Crippen molar-refractivity contribution in [1.82, 2.24) is 9.80 Å². The van der Waals surface area contributed by atoms with E-state index in [0.29, 0.717) is 11.8 Å². The van der Waals surface area contributed by atoms with Gasteiger partial charge in [0.25, 0.3) is 0 Å². The Hall–Kier alpha value is -0.410. The molecular formula is C14H26N2O. The topological polar surface area (TPSA) is 23.6 Å². The van der Waals surface area contributed by atoms with Crippen molar-refractivity contribution in [1.29, 1.82) is 0 Å². The van der Waals surface area contributed by atoms with Crippen molar-refractivity contribution in [3.8, 4) is 0 Å². The zero-order valence-corrected chi connectivity index (χ0v) is 11.7. The lowest BCUT2D eigenvalue weighted by molar-refractivity contribution is -0.125. The Labute approximate surface area is 105 Å². The number of nitrogens with zero attached hydrogens (tertiary/aromatic N) is 2. The number of fused-ring (bicyclic) bond motifs is 2. The predicted octanol–water partition coefficient (Wildman–Crippen LogP) is 1.77. The van der Waals surface area contributed by atoms with E-state index in [4.69, 9.17) is 0 Å². The summed E-state index contributed by atoms with van der Waals surface area (Å²) < 4.78 is 0. The molecule has 2 aliphatic heterocycles. The molecule has 17 heavy (non-hydrogen) atoms. The molecule has 0 aliphatic carbocycles. The zero-order valence-electron chi connectivity index (χ0n) is 11.7. The third-order valence-electron chi connectivity index (χ3n) is 4.80. The second kappa shape index (κ2) is 4.69. The summed E-state index contributed by atoms with van der Waals surface area (Å²) >= 11 is 0. The van der Waals surface area contributed by atoms with E-state index in [1.807, 2.05) is 0 Å². The van der Waals surface area contributed by atoms with Crippen LogP contribution in [0.15, 0.2) is 0 Å². The van der Waals surface area contributed by atoms with Crippen molar-refractivity contribution in [2.75, 3.05) is 26.7 Å². The van der Waals surface area contributed by atoms with Crippen molar-refractivity contribution in [2.45, 2.75) is 52.1 Å². The van der Waals surface area contributed by atoms with Crippen LogP contribution in [0.3, 0.4) is 0 Å². The first-order valence-electron chi connectivity index (χ1n) is 6.85. The Morgan fingerprint density at radius 3 is 2.53 bits per heavy atom. The summed E-state index contributed by atoms with van der Waals surface area (Å²) in [7, 11) is 2.27. The number of likely N-dealkylation sites (tertiary alicyclic amines) is 1. The second-order valence-electron chi connectivity index (χ2n) is 6.51. The fraction of sp³-hybridized carbons (Fsp3) is 0.929. The van der Waals surface area contributed by atoms with Gasteiger partial charge in [-0.2, -0.15) is 0 Å². The Kier molecular flexibility index (Phi) is 3.60. The summed E-state index contributed by atoms with van der Waals surface area (Å²) in [5.41, 5.74) is -0.192. The number of rotatable bonds is 3. The summed E-state index contributed by atoms with van der Waals surface area (Å²) in [5.74, 6) is 0.306. The molecule has 0 radical (unpaired) electrons. The SMILES string of the molecule is CC(=O)C(C)(C)CN1CCC2CCC(C1)N2C. The highest BCUT2D eigenvalue weighted by atomic mass is 16.1. The van der Waals surface area contributed by atoms with Crippen LogP contribution in [-0.2, 0) is 4.79 Å². The molecule has 2 heterocycles. The molecule has 2 aliphatic rings. The maximum Gasteiger partial charge on any atom is 0.136 e. The second-order valence-corrected chi connectivity index (χ2v) is 6.51. The van der Waals surface area contributed by atoms with Gasteiger partial charge in [-0.15, -0.1) is 0 Å². The van der Waals surface area contributed by atoms with E-state index < -0.39 is 0 Å². The molecule has 3 nitrogen and oxygen atoms in total. The van der Waals surface area contributed by atoms with Gasteiger partial charge in [0.05, 0.1) is 0 Å². The van der Waals surface area contributed by atoms with Crippen LogP contribution in [0.5, 0.6) is 0 Å². The van der Waals surface area contributed by atoms with E-state index in [-0.39, 0.29) is 5.41 Å².